The van der Waals surface area contributed by atoms with E-state index in [0.29, 0.717) is 0 Å². The van der Waals surface area contributed by atoms with Crippen molar-refractivity contribution in [3.63, 3.8) is 0 Å². The van der Waals surface area contributed by atoms with Crippen molar-refractivity contribution in [2.24, 2.45) is 10.6 Å². The van der Waals surface area contributed by atoms with E-state index in [0.717, 1.165) is 59.4 Å². The molecule has 2 aromatic heterocycles. The first-order valence-electron chi connectivity index (χ1n) is 8.67. The maximum Gasteiger partial charge on any atom is 0.0912 e. The molecule has 4 heteroatoms. The minimum absolute atomic E-state index is 0.0603. The van der Waals surface area contributed by atoms with Crippen LogP contribution in [0.15, 0.2) is 29.4 Å². The molecular formula is C20H23N3O. The molecule has 0 saturated heterocycles. The van der Waals surface area contributed by atoms with E-state index in [1.54, 1.807) is 0 Å². The van der Waals surface area contributed by atoms with Crippen LogP contribution in [-0.2, 0) is 12.8 Å². The summed E-state index contributed by atoms with van der Waals surface area (Å²) in [5, 5.41) is 15.6. The molecule has 2 N–H and O–H groups in total. The molecule has 0 spiro atoms. The maximum absolute atomic E-state index is 9.62. The monoisotopic (exact) mass is 321 g/mol. The quantitative estimate of drug-likeness (QED) is 0.525. The summed E-state index contributed by atoms with van der Waals surface area (Å²) in [7, 11) is 0. The summed E-state index contributed by atoms with van der Waals surface area (Å²) in [6.45, 7) is 6.60. The zero-order valence-corrected chi connectivity index (χ0v) is 14.5. The molecule has 1 aliphatic carbocycles. The molecule has 0 fully saturated rings. The van der Waals surface area contributed by atoms with E-state index < -0.39 is 0 Å². The number of rotatable bonds is 2. The third-order valence-corrected chi connectivity index (χ3v) is 4.99. The Morgan fingerprint density at radius 3 is 2.79 bits per heavy atom. The molecule has 24 heavy (non-hydrogen) atoms. The number of nitrogens with zero attached hydrogens (tertiary/aromatic N) is 2. The van der Waals surface area contributed by atoms with Gasteiger partial charge in [0.15, 0.2) is 0 Å². The number of aromatic amines is 1. The Labute approximate surface area is 141 Å². The Balaban J connectivity index is 2.13. The fourth-order valence-corrected chi connectivity index (χ4v) is 4.05. The number of hydrogen-bond acceptors (Lipinski definition) is 3. The van der Waals surface area contributed by atoms with E-state index in [4.69, 9.17) is 4.98 Å². The first-order valence-corrected chi connectivity index (χ1v) is 8.67. The van der Waals surface area contributed by atoms with Crippen LogP contribution in [0.1, 0.15) is 50.6 Å². The smallest absolute Gasteiger partial charge is 0.0912 e. The molecule has 4 nitrogen and oxygen atoms in total. The summed E-state index contributed by atoms with van der Waals surface area (Å²) >= 11 is 0. The lowest BCUT2D eigenvalue weighted by Gasteiger charge is -2.31. The van der Waals surface area contributed by atoms with Gasteiger partial charge in [0, 0.05) is 21.9 Å². The summed E-state index contributed by atoms with van der Waals surface area (Å²) in [4.78, 5) is 8.60. The van der Waals surface area contributed by atoms with Crippen LogP contribution in [0, 0.1) is 5.41 Å². The summed E-state index contributed by atoms with van der Waals surface area (Å²) < 4.78 is 0. The number of para-hydroxylation sites is 1. The van der Waals surface area contributed by atoms with Crippen LogP contribution < -0.4 is 0 Å². The van der Waals surface area contributed by atoms with Crippen LogP contribution in [0.25, 0.3) is 21.8 Å². The highest BCUT2D eigenvalue weighted by molar-refractivity contribution is 6.18. The van der Waals surface area contributed by atoms with E-state index in [9.17, 15) is 5.21 Å². The summed E-state index contributed by atoms with van der Waals surface area (Å²) in [6.07, 6.45) is 3.68. The Morgan fingerprint density at radius 2 is 2.04 bits per heavy atom. The minimum Gasteiger partial charge on any atom is -0.411 e. The zero-order valence-electron chi connectivity index (χ0n) is 14.5. The third-order valence-electron chi connectivity index (χ3n) is 4.99. The number of oxime groups is 1. The van der Waals surface area contributed by atoms with Crippen LogP contribution >= 0.6 is 0 Å². The Morgan fingerprint density at radius 1 is 1.25 bits per heavy atom. The van der Waals surface area contributed by atoms with Crippen LogP contribution in [0.2, 0.25) is 0 Å². The summed E-state index contributed by atoms with van der Waals surface area (Å²) in [6, 6.07) is 8.35. The predicted molar refractivity (Wildman–Crippen MR) is 98.0 cm³/mol. The molecule has 1 aromatic carbocycles. The van der Waals surface area contributed by atoms with E-state index in [-0.39, 0.29) is 5.41 Å². The van der Waals surface area contributed by atoms with Crippen LogP contribution in [0.4, 0.5) is 0 Å². The second kappa shape index (κ2) is 5.33. The standard InChI is InChI=1S/C20H23N3O/c1-4-7-14-17-12-8-5-6-9-13(12)22-19(17)18-15(21-14)10-20(2,3)11-16(18)23-24/h5-6,8-9,22,24H,4,7,10-11H2,1-3H3/b23-16+. The lowest BCUT2D eigenvalue weighted by atomic mass is 9.74. The highest BCUT2D eigenvalue weighted by Gasteiger charge is 2.33. The number of H-pyrrole nitrogens is 1. The van der Waals surface area contributed by atoms with E-state index >= 15 is 0 Å². The second-order valence-corrected chi connectivity index (χ2v) is 7.62. The molecule has 1 aliphatic rings. The Hall–Kier alpha value is -2.36. The Kier molecular flexibility index (Phi) is 3.37. The molecule has 2 heterocycles. The van der Waals surface area contributed by atoms with Crippen LogP contribution in [-0.4, -0.2) is 20.9 Å². The van der Waals surface area contributed by atoms with Gasteiger partial charge in [-0.15, -0.1) is 0 Å². The molecule has 124 valence electrons. The van der Waals surface area contributed by atoms with Crippen molar-refractivity contribution in [2.75, 3.05) is 0 Å². The molecular weight excluding hydrogens is 298 g/mol. The molecule has 4 rings (SSSR count). The van der Waals surface area contributed by atoms with E-state index in [1.165, 1.54) is 10.8 Å². The average Bonchev–Trinajstić information content (AvgIpc) is 2.92. The topological polar surface area (TPSA) is 61.3 Å². The molecule has 0 aliphatic heterocycles. The van der Waals surface area contributed by atoms with Crippen molar-refractivity contribution in [3.05, 3.63) is 41.2 Å². The van der Waals surface area contributed by atoms with Crippen LogP contribution in [0.5, 0.6) is 0 Å². The highest BCUT2D eigenvalue weighted by atomic mass is 16.4. The van der Waals surface area contributed by atoms with Gasteiger partial charge in [0.1, 0.15) is 0 Å². The van der Waals surface area contributed by atoms with Gasteiger partial charge in [-0.2, -0.15) is 0 Å². The van der Waals surface area contributed by atoms with Gasteiger partial charge >= 0.3 is 0 Å². The van der Waals surface area contributed by atoms with Gasteiger partial charge in [-0.1, -0.05) is 50.5 Å². The van der Waals surface area contributed by atoms with Crippen molar-refractivity contribution in [2.45, 2.75) is 46.5 Å². The number of aromatic nitrogens is 2. The van der Waals surface area contributed by atoms with Crippen molar-refractivity contribution >= 4 is 27.5 Å². The number of benzene rings is 1. The largest absolute Gasteiger partial charge is 0.411 e. The Bertz CT molecular complexity index is 966. The van der Waals surface area contributed by atoms with Crippen molar-refractivity contribution < 1.29 is 5.21 Å². The van der Waals surface area contributed by atoms with Gasteiger partial charge in [0.05, 0.1) is 22.6 Å². The van der Waals surface area contributed by atoms with Gasteiger partial charge in [0.25, 0.3) is 0 Å². The van der Waals surface area contributed by atoms with Crippen molar-refractivity contribution in [3.8, 4) is 0 Å². The molecule has 0 radical (unpaired) electrons. The minimum atomic E-state index is 0.0603. The van der Waals surface area contributed by atoms with Crippen molar-refractivity contribution in [1.82, 2.24) is 9.97 Å². The molecule has 0 bridgehead atoms. The van der Waals surface area contributed by atoms with Gasteiger partial charge in [-0.25, -0.2) is 0 Å². The molecule has 0 unspecified atom stereocenters. The van der Waals surface area contributed by atoms with Crippen LogP contribution in [0.3, 0.4) is 0 Å². The fraction of sp³-hybridized carbons (Fsp3) is 0.400. The van der Waals surface area contributed by atoms with Crippen molar-refractivity contribution in [1.29, 1.82) is 0 Å². The average molecular weight is 321 g/mol. The number of fused-ring (bicyclic) bond motifs is 5. The first kappa shape index (κ1) is 15.2. The number of pyridine rings is 1. The van der Waals surface area contributed by atoms with Gasteiger partial charge in [0.2, 0.25) is 0 Å². The maximum atomic E-state index is 9.62. The van der Waals surface area contributed by atoms with Gasteiger partial charge < -0.3 is 10.2 Å². The second-order valence-electron chi connectivity index (χ2n) is 7.62. The van der Waals surface area contributed by atoms with Gasteiger partial charge in [-0.05, 0) is 30.7 Å². The number of aryl methyl sites for hydroxylation is 1. The van der Waals surface area contributed by atoms with Gasteiger partial charge in [-0.3, -0.25) is 4.98 Å². The molecule has 0 saturated carbocycles. The molecule has 0 atom stereocenters. The lowest BCUT2D eigenvalue weighted by molar-refractivity contribution is 0.306. The molecule has 3 aromatic rings. The lowest BCUT2D eigenvalue weighted by Crippen LogP contribution is -2.29. The van der Waals surface area contributed by atoms with E-state index in [1.807, 2.05) is 6.07 Å². The number of hydrogen-bond donors (Lipinski definition) is 2. The normalized spacial score (nSPS) is 18.4. The number of nitrogens with one attached hydrogen (secondary N) is 1. The zero-order chi connectivity index (χ0) is 16.9. The fourth-order valence-electron chi connectivity index (χ4n) is 4.05. The molecule has 0 amide bonds. The first-order chi connectivity index (χ1) is 11.5. The summed E-state index contributed by atoms with van der Waals surface area (Å²) in [5.41, 5.74) is 6.21. The SMILES string of the molecule is CCCc1nc2c(c3[nH]c4ccccc4c13)/C(=N/O)CC(C)(C)C2. The van der Waals surface area contributed by atoms with E-state index in [2.05, 4.69) is 49.1 Å². The summed E-state index contributed by atoms with van der Waals surface area (Å²) in [5.74, 6) is 0. The highest BCUT2D eigenvalue weighted by Crippen LogP contribution is 2.40. The third kappa shape index (κ3) is 2.20. The predicted octanol–water partition coefficient (Wildman–Crippen LogP) is 4.82.